The predicted molar refractivity (Wildman–Crippen MR) is 171 cm³/mol. The normalized spacial score (nSPS) is 11.8. The minimum absolute atomic E-state index is 0.0185. The van der Waals surface area contributed by atoms with Crippen molar-refractivity contribution in [1.82, 2.24) is 0 Å². The molecule has 0 N–H and O–H groups in total. The lowest BCUT2D eigenvalue weighted by Crippen LogP contribution is -2.22. The van der Waals surface area contributed by atoms with E-state index in [4.69, 9.17) is 9.47 Å². The smallest absolute Gasteiger partial charge is 0.314 e. The summed E-state index contributed by atoms with van der Waals surface area (Å²) in [5, 5.41) is 0. The van der Waals surface area contributed by atoms with Gasteiger partial charge in [0.2, 0.25) is 0 Å². The van der Waals surface area contributed by atoms with Gasteiger partial charge in [0, 0.05) is 0 Å². The number of esters is 2. The topological polar surface area (TPSA) is 52.6 Å². The Hall–Kier alpha value is -2.62. The van der Waals surface area contributed by atoms with Crippen LogP contribution in [0.15, 0.2) is 48.5 Å². The van der Waals surface area contributed by atoms with Gasteiger partial charge in [-0.2, -0.15) is 0 Å². The second kappa shape index (κ2) is 22.0. The minimum Gasteiger partial charge on any atom is -0.427 e. The molecule has 0 heterocycles. The molecule has 0 amide bonds. The molecule has 0 aliphatic heterocycles. The fourth-order valence-electron chi connectivity index (χ4n) is 5.10. The molecule has 1 unspecified atom stereocenters. The van der Waals surface area contributed by atoms with Gasteiger partial charge < -0.3 is 9.47 Å². The van der Waals surface area contributed by atoms with Crippen molar-refractivity contribution in [3.8, 4) is 11.5 Å². The van der Waals surface area contributed by atoms with Crippen LogP contribution in [0.25, 0.3) is 0 Å². The number of rotatable bonds is 23. The molecule has 4 heteroatoms. The second-order valence-corrected chi connectivity index (χ2v) is 11.7. The van der Waals surface area contributed by atoms with Crippen molar-refractivity contribution in [3.63, 3.8) is 0 Å². The van der Waals surface area contributed by atoms with E-state index in [1.165, 1.54) is 114 Å². The molecule has 2 rings (SSSR count). The summed E-state index contributed by atoms with van der Waals surface area (Å²) in [5.41, 5.74) is 2.52. The molecule has 0 spiro atoms. The number of hydrogen-bond donors (Lipinski definition) is 0. The van der Waals surface area contributed by atoms with E-state index in [0.29, 0.717) is 11.5 Å². The highest BCUT2D eigenvalue weighted by molar-refractivity contribution is 5.82. The monoisotopic (exact) mass is 564 g/mol. The molecule has 0 fully saturated rings. The first-order valence-electron chi connectivity index (χ1n) is 16.6. The Kier molecular flexibility index (Phi) is 18.6. The van der Waals surface area contributed by atoms with E-state index in [2.05, 4.69) is 13.8 Å². The van der Waals surface area contributed by atoms with Gasteiger partial charge >= 0.3 is 11.9 Å². The number of aryl methyl sites for hydroxylation is 2. The molecule has 41 heavy (non-hydrogen) atoms. The maximum absolute atomic E-state index is 12.6. The number of hydrogen-bond acceptors (Lipinski definition) is 4. The highest BCUT2D eigenvalue weighted by atomic mass is 16.5. The Balaban J connectivity index is 1.61. The van der Waals surface area contributed by atoms with Gasteiger partial charge in [-0.05, 0) is 61.1 Å². The Labute approximate surface area is 250 Å². The van der Waals surface area contributed by atoms with E-state index < -0.39 is 17.9 Å². The van der Waals surface area contributed by atoms with Crippen LogP contribution in [-0.4, -0.2) is 11.9 Å². The van der Waals surface area contributed by atoms with E-state index in [1.54, 1.807) is 6.92 Å². The molecule has 0 saturated heterocycles. The summed E-state index contributed by atoms with van der Waals surface area (Å²) in [4.78, 5) is 25.0. The Morgan fingerprint density at radius 2 is 0.902 bits per heavy atom. The molecule has 2 aromatic carbocycles. The molecule has 0 aliphatic carbocycles. The van der Waals surface area contributed by atoms with Crippen LogP contribution >= 0.6 is 0 Å². The van der Waals surface area contributed by atoms with Crippen molar-refractivity contribution < 1.29 is 19.1 Å². The van der Waals surface area contributed by atoms with Crippen LogP contribution in [-0.2, 0) is 22.4 Å². The Morgan fingerprint density at radius 3 is 1.32 bits per heavy atom. The fourth-order valence-corrected chi connectivity index (χ4v) is 5.10. The maximum Gasteiger partial charge on any atom is 0.314 e. The lowest BCUT2D eigenvalue weighted by molar-refractivity contribution is -0.144. The maximum atomic E-state index is 12.6. The van der Waals surface area contributed by atoms with Crippen molar-refractivity contribution in [2.45, 2.75) is 143 Å². The molecule has 4 nitrogen and oxygen atoms in total. The van der Waals surface area contributed by atoms with E-state index >= 15 is 0 Å². The molecule has 0 saturated carbocycles. The zero-order chi connectivity index (χ0) is 29.5. The molecule has 1 atom stereocenters. The van der Waals surface area contributed by atoms with Crippen LogP contribution in [0.5, 0.6) is 11.5 Å². The van der Waals surface area contributed by atoms with Gasteiger partial charge in [0.15, 0.2) is 0 Å². The number of carbonyl (C=O) groups is 2. The number of benzene rings is 2. The summed E-state index contributed by atoms with van der Waals surface area (Å²) >= 11 is 0. The van der Waals surface area contributed by atoms with E-state index in [0.717, 1.165) is 12.8 Å². The summed E-state index contributed by atoms with van der Waals surface area (Å²) < 4.78 is 11.0. The van der Waals surface area contributed by atoms with Crippen LogP contribution in [0.1, 0.15) is 141 Å². The summed E-state index contributed by atoms with van der Waals surface area (Å²) in [6.45, 7) is 6.21. The molecule has 0 aliphatic rings. The number of carbonyl (C=O) groups excluding carboxylic acids is 2. The van der Waals surface area contributed by atoms with Gasteiger partial charge in [-0.15, -0.1) is 0 Å². The van der Waals surface area contributed by atoms with Crippen LogP contribution in [0.4, 0.5) is 0 Å². The van der Waals surface area contributed by atoms with Crippen molar-refractivity contribution in [2.24, 2.45) is 5.92 Å². The average molecular weight is 565 g/mol. The first-order valence-corrected chi connectivity index (χ1v) is 16.6. The van der Waals surface area contributed by atoms with Gasteiger partial charge in [0.25, 0.3) is 0 Å². The molecular formula is C37H56O4. The zero-order valence-corrected chi connectivity index (χ0v) is 26.3. The van der Waals surface area contributed by atoms with Crippen molar-refractivity contribution >= 4 is 11.9 Å². The van der Waals surface area contributed by atoms with Crippen molar-refractivity contribution in [3.05, 3.63) is 59.7 Å². The molecule has 228 valence electrons. The molecule has 2 aromatic rings. The molecule has 0 bridgehead atoms. The van der Waals surface area contributed by atoms with Crippen molar-refractivity contribution in [2.75, 3.05) is 0 Å². The van der Waals surface area contributed by atoms with Crippen molar-refractivity contribution in [1.29, 1.82) is 0 Å². The third-order valence-corrected chi connectivity index (χ3v) is 7.81. The summed E-state index contributed by atoms with van der Waals surface area (Å²) in [5.74, 6) is -0.394. The summed E-state index contributed by atoms with van der Waals surface area (Å²) in [7, 11) is 0. The second-order valence-electron chi connectivity index (χ2n) is 11.7. The van der Waals surface area contributed by atoms with E-state index in [1.807, 2.05) is 48.5 Å². The molecular weight excluding hydrogens is 508 g/mol. The first kappa shape index (κ1) is 34.6. The lowest BCUT2D eigenvalue weighted by atomic mass is 10.0. The Morgan fingerprint density at radius 1 is 0.537 bits per heavy atom. The van der Waals surface area contributed by atoms with Gasteiger partial charge in [-0.25, -0.2) is 0 Å². The highest BCUT2D eigenvalue weighted by Gasteiger charge is 2.20. The van der Waals surface area contributed by atoms with E-state index in [9.17, 15) is 9.59 Å². The summed E-state index contributed by atoms with van der Waals surface area (Å²) in [6.07, 6.45) is 23.0. The number of unbranched alkanes of at least 4 members (excludes halogenated alkanes) is 14. The largest absolute Gasteiger partial charge is 0.427 e. The third kappa shape index (κ3) is 16.4. The van der Waals surface area contributed by atoms with Crippen LogP contribution in [0.3, 0.4) is 0 Å². The van der Waals surface area contributed by atoms with Crippen LogP contribution < -0.4 is 9.47 Å². The minimum atomic E-state index is -0.583. The zero-order valence-electron chi connectivity index (χ0n) is 26.3. The van der Waals surface area contributed by atoms with Gasteiger partial charge in [0.05, 0.1) is 12.3 Å². The quantitative estimate of drug-likeness (QED) is 0.0765. The summed E-state index contributed by atoms with van der Waals surface area (Å²) in [6, 6.07) is 15.5. The lowest BCUT2D eigenvalue weighted by Gasteiger charge is -2.12. The van der Waals surface area contributed by atoms with Crippen LogP contribution in [0.2, 0.25) is 0 Å². The highest BCUT2D eigenvalue weighted by Crippen LogP contribution is 2.19. The third-order valence-electron chi connectivity index (χ3n) is 7.81. The average Bonchev–Trinajstić information content (AvgIpc) is 2.97. The predicted octanol–water partition coefficient (Wildman–Crippen LogP) is 10.6. The van der Waals surface area contributed by atoms with Crippen LogP contribution in [0, 0.1) is 5.92 Å². The van der Waals surface area contributed by atoms with E-state index in [-0.39, 0.29) is 6.42 Å². The van der Waals surface area contributed by atoms with Gasteiger partial charge in [-0.1, -0.05) is 135 Å². The van der Waals surface area contributed by atoms with Gasteiger partial charge in [-0.3, -0.25) is 9.59 Å². The first-order chi connectivity index (χ1) is 20.0. The molecule has 0 aromatic heterocycles. The molecule has 0 radical (unpaired) electrons. The fraction of sp³-hybridized carbons (Fsp3) is 0.622. The van der Waals surface area contributed by atoms with Gasteiger partial charge in [0.1, 0.15) is 11.5 Å². The SMILES string of the molecule is CCCCCCCCCCc1ccc(OC(=O)CC(C)C(=O)Oc2ccc(CCCCCCCCCC)cc2)cc1. The Bertz CT molecular complexity index is 948. The number of ether oxygens (including phenoxy) is 2. The standard InChI is InChI=1S/C37H56O4/c1-4-6-8-10-12-14-16-18-20-32-22-26-34(27-23-32)40-36(38)30-31(3)37(39)41-35-28-24-33(25-29-35)21-19-17-15-13-11-9-7-5-2/h22-29,31H,4-21,30H2,1-3H3.